The zero-order valence-corrected chi connectivity index (χ0v) is 21.3. The van der Waals surface area contributed by atoms with Crippen LogP contribution in [-0.2, 0) is 16.1 Å². The van der Waals surface area contributed by atoms with Crippen molar-refractivity contribution < 1.29 is 14.3 Å². The van der Waals surface area contributed by atoms with E-state index in [9.17, 15) is 9.59 Å². The second-order valence-electron chi connectivity index (χ2n) is 9.06. The van der Waals surface area contributed by atoms with Gasteiger partial charge in [0.25, 0.3) is 0 Å². The maximum absolute atomic E-state index is 12.8. The average molecular weight is 486 g/mol. The third kappa shape index (κ3) is 4.79. The van der Waals surface area contributed by atoms with E-state index in [2.05, 4.69) is 33.9 Å². The van der Waals surface area contributed by atoms with Crippen LogP contribution in [0.25, 0.3) is 33.4 Å². The van der Waals surface area contributed by atoms with E-state index >= 15 is 0 Å². The number of carbonyl (C=O) groups excluding carboxylic acids is 2. The van der Waals surface area contributed by atoms with Crippen molar-refractivity contribution in [3.63, 3.8) is 0 Å². The molecule has 0 atom stereocenters. The number of esters is 1. The van der Waals surface area contributed by atoms with Gasteiger partial charge in [0, 0.05) is 41.1 Å². The van der Waals surface area contributed by atoms with E-state index in [0.717, 1.165) is 51.9 Å². The van der Waals surface area contributed by atoms with Gasteiger partial charge < -0.3 is 15.0 Å². The third-order valence-corrected chi connectivity index (χ3v) is 5.99. The number of nitrogens with zero attached hydrogens (tertiary/aromatic N) is 3. The normalized spacial score (nSPS) is 11.2. The summed E-state index contributed by atoms with van der Waals surface area (Å²) < 4.78 is 7.37. The Morgan fingerprint density at radius 2 is 2.00 bits per heavy atom. The lowest BCUT2D eigenvalue weighted by Crippen LogP contribution is -2.13. The van der Waals surface area contributed by atoms with Crippen LogP contribution in [-0.4, -0.2) is 37.7 Å². The van der Waals surface area contributed by atoms with Crippen LogP contribution in [0.3, 0.4) is 0 Å². The van der Waals surface area contributed by atoms with Crippen molar-refractivity contribution in [2.24, 2.45) is 0 Å². The van der Waals surface area contributed by atoms with Gasteiger partial charge in [-0.1, -0.05) is 25.6 Å². The van der Waals surface area contributed by atoms with Crippen molar-refractivity contribution in [1.82, 2.24) is 19.7 Å². The molecule has 0 unspecified atom stereocenters. The largest absolute Gasteiger partial charge is 0.459 e. The Balaban J connectivity index is 1.98. The molecule has 186 valence electrons. The fraction of sp³-hybridized carbons (Fsp3) is 0.286. The summed E-state index contributed by atoms with van der Waals surface area (Å²) in [6, 6.07) is 5.88. The van der Waals surface area contributed by atoms with Crippen molar-refractivity contribution in [2.45, 2.75) is 53.7 Å². The molecule has 0 saturated carbocycles. The molecule has 3 aromatic heterocycles. The zero-order chi connectivity index (χ0) is 26.0. The van der Waals surface area contributed by atoms with Gasteiger partial charge >= 0.3 is 5.97 Å². The Morgan fingerprint density at radius 1 is 1.22 bits per heavy atom. The van der Waals surface area contributed by atoms with Crippen molar-refractivity contribution >= 4 is 28.6 Å². The lowest BCUT2D eigenvalue weighted by atomic mass is 9.95. The number of pyridine rings is 1. The molecule has 0 saturated heterocycles. The van der Waals surface area contributed by atoms with Crippen molar-refractivity contribution in [3.05, 3.63) is 66.1 Å². The molecule has 0 fully saturated rings. The van der Waals surface area contributed by atoms with E-state index in [1.54, 1.807) is 6.20 Å². The van der Waals surface area contributed by atoms with Gasteiger partial charge in [-0.2, -0.15) is 5.10 Å². The molecular formula is C28H31N5O3. The summed E-state index contributed by atoms with van der Waals surface area (Å²) in [6.45, 7) is 13.9. The first kappa shape index (κ1) is 24.9. The molecule has 0 aliphatic rings. The number of anilines is 1. The molecule has 0 spiro atoms. The van der Waals surface area contributed by atoms with Crippen molar-refractivity contribution in [1.29, 1.82) is 0 Å². The van der Waals surface area contributed by atoms with Crippen LogP contribution in [0.15, 0.2) is 49.4 Å². The van der Waals surface area contributed by atoms with Gasteiger partial charge in [0.05, 0.1) is 23.6 Å². The number of fused-ring (bicyclic) bond motifs is 1. The lowest BCUT2D eigenvalue weighted by molar-refractivity contribution is -0.111. The highest BCUT2D eigenvalue weighted by atomic mass is 16.5. The van der Waals surface area contributed by atoms with Crippen molar-refractivity contribution in [3.8, 4) is 22.4 Å². The van der Waals surface area contributed by atoms with Gasteiger partial charge in [-0.05, 0) is 62.9 Å². The highest BCUT2D eigenvalue weighted by Gasteiger charge is 2.23. The summed E-state index contributed by atoms with van der Waals surface area (Å²) in [5.41, 5.74) is 6.91. The summed E-state index contributed by atoms with van der Waals surface area (Å²) >= 11 is 0. The number of ether oxygens (including phenoxy) is 1. The number of rotatable bonds is 8. The number of carbonyl (C=O) groups is 2. The van der Waals surface area contributed by atoms with E-state index in [0.29, 0.717) is 16.9 Å². The van der Waals surface area contributed by atoms with E-state index < -0.39 is 5.97 Å². The Morgan fingerprint density at radius 3 is 2.69 bits per heavy atom. The zero-order valence-electron chi connectivity index (χ0n) is 21.3. The lowest BCUT2D eigenvalue weighted by Gasteiger charge is -2.13. The smallest absolute Gasteiger partial charge is 0.340 e. The van der Waals surface area contributed by atoms with E-state index in [4.69, 9.17) is 4.74 Å². The number of hydrogen-bond donors (Lipinski definition) is 2. The monoisotopic (exact) mass is 485 g/mol. The predicted molar refractivity (Wildman–Crippen MR) is 142 cm³/mol. The molecule has 8 nitrogen and oxygen atoms in total. The van der Waals surface area contributed by atoms with Crippen LogP contribution in [0.4, 0.5) is 5.69 Å². The van der Waals surface area contributed by atoms with Crippen LogP contribution >= 0.6 is 0 Å². The molecule has 4 aromatic rings. The van der Waals surface area contributed by atoms with Gasteiger partial charge in [0.1, 0.15) is 5.65 Å². The molecular weight excluding hydrogens is 454 g/mol. The molecule has 3 heterocycles. The fourth-order valence-electron chi connectivity index (χ4n) is 4.24. The number of hydrogen-bond acceptors (Lipinski definition) is 5. The van der Waals surface area contributed by atoms with Crippen LogP contribution in [0, 0.1) is 13.8 Å². The molecule has 4 rings (SSSR count). The second-order valence-corrected chi connectivity index (χ2v) is 9.06. The summed E-state index contributed by atoms with van der Waals surface area (Å²) in [5.74, 6) is -0.698. The summed E-state index contributed by atoms with van der Waals surface area (Å²) in [4.78, 5) is 32.9. The molecule has 2 N–H and O–H groups in total. The summed E-state index contributed by atoms with van der Waals surface area (Å²) in [5, 5.41) is 8.20. The van der Waals surface area contributed by atoms with Crippen LogP contribution in [0.5, 0.6) is 0 Å². The minimum Gasteiger partial charge on any atom is -0.459 e. The Kier molecular flexibility index (Phi) is 7.05. The first-order chi connectivity index (χ1) is 17.2. The number of nitrogens with one attached hydrogen (secondary N) is 2. The standard InChI is InChI=1S/C28H31N5O3/c1-7-11-33-15-20(13-30-33)26-25(19-10-9-17(5)22(12-19)31-23(34)8-2)24-18(6)21(14-29-27(24)32-26)28(35)36-16(3)4/h8-10,12-16H,2,7,11H2,1,3-6H3,(H,29,32)(H,31,34). The molecule has 0 radical (unpaired) electrons. The summed E-state index contributed by atoms with van der Waals surface area (Å²) in [7, 11) is 0. The van der Waals surface area contributed by atoms with Gasteiger partial charge in [-0.3, -0.25) is 9.48 Å². The fourth-order valence-corrected chi connectivity index (χ4v) is 4.24. The van der Waals surface area contributed by atoms with Gasteiger partial charge in [0.15, 0.2) is 0 Å². The van der Waals surface area contributed by atoms with Gasteiger partial charge in [0.2, 0.25) is 5.91 Å². The predicted octanol–water partition coefficient (Wildman–Crippen LogP) is 5.81. The Bertz CT molecular complexity index is 1460. The van der Waals surface area contributed by atoms with E-state index in [1.807, 2.05) is 63.0 Å². The summed E-state index contributed by atoms with van der Waals surface area (Å²) in [6.07, 6.45) is 7.33. The number of aromatic amines is 1. The SMILES string of the molecule is C=CC(=O)Nc1cc(-c2c(-c3cnn(CCC)c3)[nH]c3ncc(C(=O)OC(C)C)c(C)c23)ccc1C. The number of aromatic nitrogens is 4. The maximum Gasteiger partial charge on any atom is 0.340 e. The van der Waals surface area contributed by atoms with E-state index in [1.165, 1.54) is 6.08 Å². The third-order valence-electron chi connectivity index (χ3n) is 5.99. The molecule has 36 heavy (non-hydrogen) atoms. The van der Waals surface area contributed by atoms with Crippen LogP contribution in [0.2, 0.25) is 0 Å². The quantitative estimate of drug-likeness (QED) is 0.242. The van der Waals surface area contributed by atoms with Crippen LogP contribution in [0.1, 0.15) is 48.7 Å². The highest BCUT2D eigenvalue weighted by Crippen LogP contribution is 2.41. The Hall–Kier alpha value is -4.20. The Labute approximate surface area is 210 Å². The van der Waals surface area contributed by atoms with Crippen molar-refractivity contribution in [2.75, 3.05) is 5.32 Å². The van der Waals surface area contributed by atoms with E-state index in [-0.39, 0.29) is 12.0 Å². The minimum atomic E-state index is -0.413. The topological polar surface area (TPSA) is 102 Å². The molecule has 1 aromatic carbocycles. The number of H-pyrrole nitrogens is 1. The highest BCUT2D eigenvalue weighted by molar-refractivity contribution is 6.08. The maximum atomic E-state index is 12.8. The number of amides is 1. The molecule has 1 amide bonds. The van der Waals surface area contributed by atoms with Gasteiger partial charge in [-0.25, -0.2) is 9.78 Å². The molecule has 8 heteroatoms. The molecule has 0 aliphatic carbocycles. The first-order valence-electron chi connectivity index (χ1n) is 12.0. The average Bonchev–Trinajstić information content (AvgIpc) is 3.45. The molecule has 0 aliphatic heterocycles. The van der Waals surface area contributed by atoms with Gasteiger partial charge in [-0.15, -0.1) is 0 Å². The van der Waals surface area contributed by atoms with Crippen LogP contribution < -0.4 is 5.32 Å². The number of aryl methyl sites for hydroxylation is 3. The molecule has 0 bridgehead atoms. The first-order valence-corrected chi connectivity index (χ1v) is 12.0. The second kappa shape index (κ2) is 10.2. The number of benzene rings is 1. The minimum absolute atomic E-state index is 0.244.